The van der Waals surface area contributed by atoms with Gasteiger partial charge in [0.2, 0.25) is 0 Å². The van der Waals surface area contributed by atoms with Crippen molar-refractivity contribution in [1.82, 2.24) is 0 Å². The minimum absolute atomic E-state index is 0.139. The van der Waals surface area contributed by atoms with Crippen LogP contribution in [0.1, 0.15) is 90.9 Å². The highest BCUT2D eigenvalue weighted by Crippen LogP contribution is 2.37. The van der Waals surface area contributed by atoms with E-state index in [1.165, 1.54) is 32.1 Å². The predicted octanol–water partition coefficient (Wildman–Crippen LogP) is 5.14. The van der Waals surface area contributed by atoms with E-state index in [9.17, 15) is 15.0 Å². The van der Waals surface area contributed by atoms with Gasteiger partial charge in [0, 0.05) is 5.92 Å². The van der Waals surface area contributed by atoms with Crippen LogP contribution in [0.4, 0.5) is 0 Å². The van der Waals surface area contributed by atoms with Crippen LogP contribution in [0.15, 0.2) is 12.2 Å². The van der Waals surface area contributed by atoms with Crippen molar-refractivity contribution < 1.29 is 20.1 Å². The average Bonchev–Trinajstić information content (AvgIpc) is 3.04. The van der Waals surface area contributed by atoms with Gasteiger partial charge in [-0.1, -0.05) is 70.9 Å². The van der Waals surface area contributed by atoms with Crippen LogP contribution < -0.4 is 0 Å². The van der Waals surface area contributed by atoms with Gasteiger partial charge in [0.05, 0.1) is 5.92 Å². The Labute approximate surface area is 159 Å². The molecule has 0 aromatic carbocycles. The zero-order chi connectivity index (χ0) is 19.4. The maximum absolute atomic E-state index is 10.8. The molecule has 0 aromatic heterocycles. The van der Waals surface area contributed by atoms with E-state index < -0.39 is 12.3 Å². The third kappa shape index (κ3) is 9.18. The van der Waals surface area contributed by atoms with Crippen molar-refractivity contribution in [2.24, 2.45) is 23.7 Å². The number of allylic oxidation sites excluding steroid dienone is 1. The molecule has 2 unspecified atom stereocenters. The summed E-state index contributed by atoms with van der Waals surface area (Å²) in [7, 11) is 0. The normalized spacial score (nSPS) is 23.0. The van der Waals surface area contributed by atoms with Crippen LogP contribution >= 0.6 is 0 Å². The second-order valence-electron chi connectivity index (χ2n) is 8.19. The van der Waals surface area contributed by atoms with Crippen molar-refractivity contribution in [1.29, 1.82) is 0 Å². The van der Waals surface area contributed by atoms with Crippen molar-refractivity contribution >= 4 is 5.97 Å². The molecule has 0 bridgehead atoms. The van der Waals surface area contributed by atoms with Gasteiger partial charge >= 0.3 is 5.97 Å². The molecule has 4 atom stereocenters. The zero-order valence-corrected chi connectivity index (χ0v) is 16.8. The standard InChI is InChI=1S/C22H40O4/c1-3-4-6-12-20(22(25)26)16-15-19-14-9-13-18(19)11-8-5-7-10-17(2)21(23)24/h15-20,22,25-26H,3-14H2,1-2H3,(H,23,24)/t17?,18-,19+,20?/m0/s1. The SMILES string of the molecule is CCCCCC(C=C[C@H]1CCC[C@@H]1CCCCCC(C)C(=O)O)C(O)O. The topological polar surface area (TPSA) is 77.8 Å². The van der Waals surface area contributed by atoms with E-state index in [1.807, 2.05) is 0 Å². The predicted molar refractivity (Wildman–Crippen MR) is 106 cm³/mol. The smallest absolute Gasteiger partial charge is 0.306 e. The molecule has 1 fully saturated rings. The Hall–Kier alpha value is -0.870. The number of carboxylic acid groups (broad SMARTS) is 1. The quantitative estimate of drug-likeness (QED) is 0.225. The molecular formula is C22H40O4. The number of aliphatic hydroxyl groups is 2. The molecular weight excluding hydrogens is 328 g/mol. The first-order valence-electron chi connectivity index (χ1n) is 10.7. The number of hydrogen-bond acceptors (Lipinski definition) is 3. The highest BCUT2D eigenvalue weighted by molar-refractivity contribution is 5.69. The number of unbranched alkanes of at least 4 members (excludes halogenated alkanes) is 4. The minimum atomic E-state index is -1.25. The van der Waals surface area contributed by atoms with E-state index >= 15 is 0 Å². The van der Waals surface area contributed by atoms with Crippen molar-refractivity contribution in [3.8, 4) is 0 Å². The summed E-state index contributed by atoms with van der Waals surface area (Å²) in [6.07, 6.45) is 16.2. The number of carbonyl (C=O) groups is 1. The Kier molecular flexibility index (Phi) is 11.9. The van der Waals surface area contributed by atoms with Crippen molar-refractivity contribution in [3.05, 3.63) is 12.2 Å². The molecule has 0 saturated heterocycles. The lowest BCUT2D eigenvalue weighted by molar-refractivity contribution is -0.141. The second-order valence-corrected chi connectivity index (χ2v) is 8.19. The van der Waals surface area contributed by atoms with Gasteiger partial charge < -0.3 is 15.3 Å². The van der Waals surface area contributed by atoms with Crippen LogP contribution in [-0.4, -0.2) is 27.6 Å². The Morgan fingerprint density at radius 1 is 1.08 bits per heavy atom. The van der Waals surface area contributed by atoms with E-state index in [0.717, 1.165) is 44.9 Å². The van der Waals surface area contributed by atoms with Gasteiger partial charge in [-0.2, -0.15) is 0 Å². The first-order valence-corrected chi connectivity index (χ1v) is 10.7. The minimum Gasteiger partial charge on any atom is -0.481 e. The summed E-state index contributed by atoms with van der Waals surface area (Å²) in [5.41, 5.74) is 0. The Morgan fingerprint density at radius 3 is 2.46 bits per heavy atom. The van der Waals surface area contributed by atoms with E-state index in [1.54, 1.807) is 6.92 Å². The summed E-state index contributed by atoms with van der Waals surface area (Å²) in [6, 6.07) is 0. The summed E-state index contributed by atoms with van der Waals surface area (Å²) in [4.78, 5) is 10.8. The van der Waals surface area contributed by atoms with Crippen molar-refractivity contribution in [2.45, 2.75) is 97.2 Å². The molecule has 0 heterocycles. The van der Waals surface area contributed by atoms with Gasteiger partial charge in [-0.15, -0.1) is 0 Å². The van der Waals surface area contributed by atoms with Gasteiger partial charge in [-0.05, 0) is 43.9 Å². The van der Waals surface area contributed by atoms with Crippen molar-refractivity contribution in [2.75, 3.05) is 0 Å². The van der Waals surface area contributed by atoms with Gasteiger partial charge in [0.15, 0.2) is 6.29 Å². The fourth-order valence-corrected chi connectivity index (χ4v) is 4.09. The maximum atomic E-state index is 10.8. The van der Waals surface area contributed by atoms with E-state index in [4.69, 9.17) is 5.11 Å². The molecule has 0 radical (unpaired) electrons. The highest BCUT2D eigenvalue weighted by Gasteiger charge is 2.25. The van der Waals surface area contributed by atoms with Crippen LogP contribution in [0, 0.1) is 23.7 Å². The molecule has 1 aliphatic carbocycles. The second kappa shape index (κ2) is 13.3. The van der Waals surface area contributed by atoms with Crippen LogP contribution in [-0.2, 0) is 4.79 Å². The summed E-state index contributed by atoms with van der Waals surface area (Å²) >= 11 is 0. The number of aliphatic carboxylic acids is 1. The molecule has 0 aliphatic heterocycles. The lowest BCUT2D eigenvalue weighted by Crippen LogP contribution is -2.18. The number of carboxylic acids is 1. The first-order chi connectivity index (χ1) is 12.5. The van der Waals surface area contributed by atoms with Crippen molar-refractivity contribution in [3.63, 3.8) is 0 Å². The third-order valence-corrected chi connectivity index (χ3v) is 5.98. The van der Waals surface area contributed by atoms with Gasteiger partial charge in [0.25, 0.3) is 0 Å². The molecule has 4 heteroatoms. The number of rotatable bonds is 14. The van der Waals surface area contributed by atoms with Crippen LogP contribution in [0.3, 0.4) is 0 Å². The average molecular weight is 369 g/mol. The monoisotopic (exact) mass is 368 g/mol. The Bertz CT molecular complexity index is 405. The maximum Gasteiger partial charge on any atom is 0.306 e. The van der Waals surface area contributed by atoms with Gasteiger partial charge in [-0.25, -0.2) is 0 Å². The summed E-state index contributed by atoms with van der Waals surface area (Å²) in [5, 5.41) is 28.1. The zero-order valence-electron chi connectivity index (χ0n) is 16.8. The molecule has 3 N–H and O–H groups in total. The fraction of sp³-hybridized carbons (Fsp3) is 0.864. The molecule has 26 heavy (non-hydrogen) atoms. The highest BCUT2D eigenvalue weighted by atomic mass is 16.5. The molecule has 0 spiro atoms. The Balaban J connectivity index is 2.33. The molecule has 1 saturated carbocycles. The summed E-state index contributed by atoms with van der Waals surface area (Å²) < 4.78 is 0. The van der Waals surface area contributed by atoms with Crippen LogP contribution in [0.25, 0.3) is 0 Å². The molecule has 4 nitrogen and oxygen atoms in total. The lowest BCUT2D eigenvalue weighted by atomic mass is 9.88. The lowest BCUT2D eigenvalue weighted by Gasteiger charge is -2.19. The number of aliphatic hydroxyl groups excluding tert-OH is 1. The summed E-state index contributed by atoms with van der Waals surface area (Å²) in [5.74, 6) is 0.216. The first kappa shape index (κ1) is 23.2. The molecule has 1 rings (SSSR count). The van der Waals surface area contributed by atoms with Gasteiger partial charge in [-0.3, -0.25) is 4.79 Å². The number of hydrogen-bond donors (Lipinski definition) is 3. The Morgan fingerprint density at radius 2 is 1.81 bits per heavy atom. The fourth-order valence-electron chi connectivity index (χ4n) is 4.09. The molecule has 0 amide bonds. The third-order valence-electron chi connectivity index (χ3n) is 5.98. The molecule has 152 valence electrons. The summed E-state index contributed by atoms with van der Waals surface area (Å²) in [6.45, 7) is 3.94. The van der Waals surface area contributed by atoms with Crippen LogP contribution in [0.2, 0.25) is 0 Å². The van der Waals surface area contributed by atoms with Gasteiger partial charge in [0.1, 0.15) is 0 Å². The molecule has 1 aliphatic rings. The largest absolute Gasteiger partial charge is 0.481 e. The van der Waals surface area contributed by atoms with E-state index in [0.29, 0.717) is 11.8 Å². The molecule has 0 aromatic rings. The van der Waals surface area contributed by atoms with E-state index in [2.05, 4.69) is 19.1 Å². The van der Waals surface area contributed by atoms with E-state index in [-0.39, 0.29) is 11.8 Å². The van der Waals surface area contributed by atoms with Crippen LogP contribution in [0.5, 0.6) is 0 Å².